The number of carbonyl (C=O) groups excluding carboxylic acids is 1. The molecule has 7 nitrogen and oxygen atoms in total. The quantitative estimate of drug-likeness (QED) is 0.614. The molecule has 0 aliphatic carbocycles. The third-order valence-corrected chi connectivity index (χ3v) is 7.46. The van der Waals surface area contributed by atoms with Gasteiger partial charge in [-0.05, 0) is 71.2 Å². The lowest BCUT2D eigenvalue weighted by molar-refractivity contribution is -0.118. The van der Waals surface area contributed by atoms with Gasteiger partial charge in [0.05, 0.1) is 16.0 Å². The maximum absolute atomic E-state index is 14.1. The number of nitrogens with zero attached hydrogens (tertiary/aromatic N) is 4. The van der Waals surface area contributed by atoms with Gasteiger partial charge in [0.25, 0.3) is 5.91 Å². The maximum Gasteiger partial charge on any atom is 0.262 e. The Labute approximate surface area is 181 Å². The highest BCUT2D eigenvalue weighted by Gasteiger charge is 2.16. The Balaban J connectivity index is 1.35. The van der Waals surface area contributed by atoms with Gasteiger partial charge in [0, 0.05) is 0 Å². The molecule has 1 aliphatic heterocycles. The summed E-state index contributed by atoms with van der Waals surface area (Å²) in [6.07, 6.45) is 1.25. The summed E-state index contributed by atoms with van der Waals surface area (Å²) in [4.78, 5) is 12.3. The van der Waals surface area contributed by atoms with Crippen LogP contribution in [0.3, 0.4) is 0 Å². The number of halogens is 1. The van der Waals surface area contributed by atoms with E-state index in [4.69, 9.17) is 4.74 Å². The summed E-state index contributed by atoms with van der Waals surface area (Å²) < 4.78 is 21.6. The lowest BCUT2D eigenvalue weighted by atomic mass is 10.2. The minimum absolute atomic E-state index is 0.0395. The zero-order chi connectivity index (χ0) is 20.9. The Kier molecular flexibility index (Phi) is 6.53. The summed E-state index contributed by atoms with van der Waals surface area (Å²) in [5.41, 5.74) is 1.83. The number of carbonyl (C=O) groups is 1. The number of hydrogen-bond acceptors (Lipinski definition) is 7. The molecule has 0 unspecified atom stereocenters. The van der Waals surface area contributed by atoms with Crippen molar-refractivity contribution >= 4 is 35.1 Å². The molecular weight excluding hydrogens is 425 g/mol. The molecule has 2 aromatic carbocycles. The van der Waals surface area contributed by atoms with Gasteiger partial charge in [-0.1, -0.05) is 12.1 Å². The number of benzene rings is 2. The third kappa shape index (κ3) is 4.93. The summed E-state index contributed by atoms with van der Waals surface area (Å²) in [7, 11) is 0. The van der Waals surface area contributed by atoms with Crippen LogP contribution < -0.4 is 10.1 Å². The van der Waals surface area contributed by atoms with Crippen molar-refractivity contribution in [1.82, 2.24) is 20.2 Å². The number of aromatic nitrogens is 4. The zero-order valence-corrected chi connectivity index (χ0v) is 17.9. The minimum Gasteiger partial charge on any atom is -0.484 e. The van der Waals surface area contributed by atoms with Crippen LogP contribution in [0.15, 0.2) is 42.5 Å². The second-order valence-electron chi connectivity index (χ2n) is 6.64. The minimum atomic E-state index is -0.551. The predicted octanol–water partition coefficient (Wildman–Crippen LogP) is 4.00. The topological polar surface area (TPSA) is 81.9 Å². The van der Waals surface area contributed by atoms with Gasteiger partial charge in [-0.2, -0.15) is 4.68 Å². The van der Waals surface area contributed by atoms with Gasteiger partial charge in [0.2, 0.25) is 0 Å². The van der Waals surface area contributed by atoms with E-state index in [0.717, 1.165) is 0 Å². The van der Waals surface area contributed by atoms with Crippen molar-refractivity contribution in [2.75, 3.05) is 23.4 Å². The summed E-state index contributed by atoms with van der Waals surface area (Å²) in [5.74, 6) is 2.50. The highest BCUT2D eigenvalue weighted by molar-refractivity contribution is 8.16. The van der Waals surface area contributed by atoms with Gasteiger partial charge in [0.15, 0.2) is 12.4 Å². The van der Waals surface area contributed by atoms with E-state index in [2.05, 4.69) is 20.8 Å². The van der Waals surface area contributed by atoms with Gasteiger partial charge in [-0.25, -0.2) is 4.39 Å². The molecule has 4 rings (SSSR count). The van der Waals surface area contributed by atoms with E-state index in [0.29, 0.717) is 21.8 Å². The van der Waals surface area contributed by atoms with Gasteiger partial charge >= 0.3 is 0 Å². The van der Waals surface area contributed by atoms with E-state index >= 15 is 0 Å². The average Bonchev–Trinajstić information content (AvgIpc) is 3.21. The van der Waals surface area contributed by atoms with E-state index in [-0.39, 0.29) is 12.3 Å². The first kappa shape index (κ1) is 20.7. The molecule has 3 aromatic rings. The number of anilines is 1. The van der Waals surface area contributed by atoms with Gasteiger partial charge in [-0.15, -0.1) is 28.6 Å². The predicted molar refractivity (Wildman–Crippen MR) is 117 cm³/mol. The monoisotopic (exact) mass is 445 g/mol. The molecule has 10 heteroatoms. The Hall–Kier alpha value is -2.59. The van der Waals surface area contributed by atoms with E-state index in [1.54, 1.807) is 6.92 Å². The number of rotatable bonds is 6. The normalized spacial score (nSPS) is 14.5. The Bertz CT molecular complexity index is 1020. The fourth-order valence-electron chi connectivity index (χ4n) is 2.95. The molecule has 0 bridgehead atoms. The van der Waals surface area contributed by atoms with Crippen LogP contribution in [-0.4, -0.2) is 44.2 Å². The Morgan fingerprint density at radius 1 is 1.23 bits per heavy atom. The van der Waals surface area contributed by atoms with Crippen LogP contribution in [0.4, 0.5) is 10.1 Å². The molecule has 0 spiro atoms. The first-order valence-corrected chi connectivity index (χ1v) is 11.5. The average molecular weight is 446 g/mol. The second kappa shape index (κ2) is 9.48. The van der Waals surface area contributed by atoms with Crippen molar-refractivity contribution in [3.05, 3.63) is 59.7 Å². The van der Waals surface area contributed by atoms with Crippen molar-refractivity contribution in [2.45, 2.75) is 17.9 Å². The molecular formula is C20H20FN5O2S2. The van der Waals surface area contributed by atoms with Gasteiger partial charge in [0.1, 0.15) is 11.6 Å². The molecule has 1 fully saturated rings. The third-order valence-electron chi connectivity index (χ3n) is 4.44. The molecule has 1 N–H and O–H groups in total. The van der Waals surface area contributed by atoms with Crippen molar-refractivity contribution in [3.8, 4) is 11.4 Å². The van der Waals surface area contributed by atoms with Crippen LogP contribution in [0.5, 0.6) is 5.75 Å². The number of tetrazole rings is 1. The standard InChI is InChI=1S/C20H20FN5O2S2/c1-13-23-24-25-26(13)15-5-8-17(21)18(11-15)22-19(27)12-28-16-6-3-14(4-7-16)20-29-9-2-10-30-20/h3-8,11,20H,2,9-10,12H2,1H3,(H,22,27). The van der Waals surface area contributed by atoms with Gasteiger partial charge in [-0.3, -0.25) is 4.79 Å². The molecule has 2 heterocycles. The zero-order valence-electron chi connectivity index (χ0n) is 16.2. The largest absolute Gasteiger partial charge is 0.484 e. The lowest BCUT2D eigenvalue weighted by Gasteiger charge is -2.21. The van der Waals surface area contributed by atoms with Crippen LogP contribution in [0, 0.1) is 12.7 Å². The van der Waals surface area contributed by atoms with Crippen LogP contribution in [-0.2, 0) is 4.79 Å². The molecule has 30 heavy (non-hydrogen) atoms. The number of nitrogens with one attached hydrogen (secondary N) is 1. The van der Waals surface area contributed by atoms with E-state index in [9.17, 15) is 9.18 Å². The summed E-state index contributed by atoms with van der Waals surface area (Å²) in [6, 6.07) is 12.1. The van der Waals surface area contributed by atoms with E-state index < -0.39 is 11.7 Å². The molecule has 0 saturated carbocycles. The highest BCUT2D eigenvalue weighted by atomic mass is 32.2. The summed E-state index contributed by atoms with van der Waals surface area (Å²) >= 11 is 3.90. The van der Waals surface area contributed by atoms with Crippen LogP contribution in [0.25, 0.3) is 5.69 Å². The van der Waals surface area contributed by atoms with E-state index in [1.807, 2.05) is 47.8 Å². The molecule has 1 amide bonds. The number of amides is 1. The Morgan fingerprint density at radius 3 is 2.70 bits per heavy atom. The molecule has 0 atom stereocenters. The van der Waals surface area contributed by atoms with Crippen molar-refractivity contribution < 1.29 is 13.9 Å². The van der Waals surface area contributed by atoms with Crippen molar-refractivity contribution in [2.24, 2.45) is 0 Å². The molecule has 1 saturated heterocycles. The SMILES string of the molecule is Cc1nnnn1-c1ccc(F)c(NC(=O)COc2ccc(C3SCCCS3)cc2)c1. The number of ether oxygens (including phenoxy) is 1. The second-order valence-corrected chi connectivity index (χ2v) is 9.36. The number of thioether (sulfide) groups is 2. The van der Waals surface area contributed by atoms with E-state index in [1.165, 1.54) is 46.4 Å². The smallest absolute Gasteiger partial charge is 0.262 e. The molecule has 0 radical (unpaired) electrons. The Morgan fingerprint density at radius 2 is 2.00 bits per heavy atom. The highest BCUT2D eigenvalue weighted by Crippen LogP contribution is 2.43. The number of aryl methyl sites for hydroxylation is 1. The fourth-order valence-corrected chi connectivity index (χ4v) is 5.84. The summed E-state index contributed by atoms with van der Waals surface area (Å²) in [6.45, 7) is 1.51. The molecule has 156 valence electrons. The number of hydrogen-bond donors (Lipinski definition) is 1. The molecule has 1 aromatic heterocycles. The van der Waals surface area contributed by atoms with Crippen LogP contribution >= 0.6 is 23.5 Å². The fraction of sp³-hybridized carbons (Fsp3) is 0.300. The van der Waals surface area contributed by atoms with Gasteiger partial charge < -0.3 is 10.1 Å². The first-order valence-electron chi connectivity index (χ1n) is 9.41. The van der Waals surface area contributed by atoms with Crippen molar-refractivity contribution in [1.29, 1.82) is 0 Å². The van der Waals surface area contributed by atoms with Crippen LogP contribution in [0.1, 0.15) is 22.4 Å². The van der Waals surface area contributed by atoms with Crippen molar-refractivity contribution in [3.63, 3.8) is 0 Å². The lowest BCUT2D eigenvalue weighted by Crippen LogP contribution is -2.21. The maximum atomic E-state index is 14.1. The van der Waals surface area contributed by atoms with Crippen LogP contribution in [0.2, 0.25) is 0 Å². The summed E-state index contributed by atoms with van der Waals surface area (Å²) in [5, 5.41) is 13.8. The molecule has 1 aliphatic rings. The first-order chi connectivity index (χ1) is 14.6.